The van der Waals surface area contributed by atoms with Crippen LogP contribution in [-0.2, 0) is 4.79 Å². The number of anilines is 1. The summed E-state index contributed by atoms with van der Waals surface area (Å²) in [6.07, 6.45) is -0.740. The van der Waals surface area contributed by atoms with Gasteiger partial charge in [0.25, 0.3) is 0 Å². The molecule has 1 fully saturated rings. The zero-order valence-corrected chi connectivity index (χ0v) is 7.85. The fourth-order valence-electron chi connectivity index (χ4n) is 1.63. The van der Waals surface area contributed by atoms with E-state index >= 15 is 0 Å². The smallest absolute Gasteiger partial charge is 0.229 e. The molecule has 1 atom stereocenters. The van der Waals surface area contributed by atoms with Gasteiger partial charge in [-0.25, -0.2) is 4.39 Å². The molecule has 1 saturated heterocycles. The van der Waals surface area contributed by atoms with E-state index in [0.717, 1.165) is 12.1 Å². The van der Waals surface area contributed by atoms with Crippen LogP contribution in [0.2, 0.25) is 0 Å². The number of phenols is 1. The quantitative estimate of drug-likeness (QED) is 0.716. The van der Waals surface area contributed by atoms with Crippen molar-refractivity contribution in [1.29, 1.82) is 0 Å². The fourth-order valence-corrected chi connectivity index (χ4v) is 1.63. The van der Waals surface area contributed by atoms with Gasteiger partial charge in [-0.15, -0.1) is 0 Å². The fraction of sp³-hybridized carbons (Fsp3) is 0.300. The van der Waals surface area contributed by atoms with Gasteiger partial charge in [-0.05, 0) is 12.1 Å². The number of nitrogens with zero attached hydrogens (tertiary/aromatic N) is 1. The standard InChI is InChI=1S/C10H10FNO3/c11-6-1-2-9(14)8(3-6)12-5-7(13)4-10(12)15/h1-3,7,13-14H,4-5H2. The van der Waals surface area contributed by atoms with Crippen molar-refractivity contribution in [3.05, 3.63) is 24.0 Å². The maximum Gasteiger partial charge on any atom is 0.229 e. The summed E-state index contributed by atoms with van der Waals surface area (Å²) >= 11 is 0. The van der Waals surface area contributed by atoms with Crippen molar-refractivity contribution >= 4 is 11.6 Å². The second-order valence-electron chi connectivity index (χ2n) is 3.50. The van der Waals surface area contributed by atoms with Crippen molar-refractivity contribution in [3.63, 3.8) is 0 Å². The van der Waals surface area contributed by atoms with Gasteiger partial charge >= 0.3 is 0 Å². The number of aliphatic hydroxyl groups excluding tert-OH is 1. The van der Waals surface area contributed by atoms with Crippen LogP contribution in [0.25, 0.3) is 0 Å². The monoisotopic (exact) mass is 211 g/mol. The van der Waals surface area contributed by atoms with Crippen LogP contribution in [0.5, 0.6) is 5.75 Å². The number of hydrogen-bond donors (Lipinski definition) is 2. The number of carbonyl (C=O) groups is 1. The van der Waals surface area contributed by atoms with E-state index in [-0.39, 0.29) is 30.3 Å². The summed E-state index contributed by atoms with van der Waals surface area (Å²) in [6, 6.07) is 3.36. The minimum atomic E-state index is -0.750. The van der Waals surface area contributed by atoms with Crippen molar-refractivity contribution in [2.75, 3.05) is 11.4 Å². The van der Waals surface area contributed by atoms with Crippen LogP contribution in [0.1, 0.15) is 6.42 Å². The SMILES string of the molecule is O=C1CC(O)CN1c1cc(F)ccc1O. The van der Waals surface area contributed by atoms with Gasteiger partial charge in [0.15, 0.2) is 0 Å². The van der Waals surface area contributed by atoms with Crippen LogP contribution in [0, 0.1) is 5.82 Å². The number of β-amino-alcohol motifs (C(OH)–C–C–N with tert-alkyl or cyclic N) is 1. The van der Waals surface area contributed by atoms with E-state index in [2.05, 4.69) is 0 Å². The predicted octanol–water partition coefficient (Wildman–Crippen LogP) is 0.629. The van der Waals surface area contributed by atoms with E-state index in [1.165, 1.54) is 11.0 Å². The average molecular weight is 211 g/mol. The first-order chi connectivity index (χ1) is 7.08. The van der Waals surface area contributed by atoms with Crippen molar-refractivity contribution < 1.29 is 19.4 Å². The highest BCUT2D eigenvalue weighted by Gasteiger charge is 2.30. The number of aromatic hydroxyl groups is 1. The number of carbonyl (C=O) groups excluding carboxylic acids is 1. The molecular formula is C10H10FNO3. The third-order valence-corrected chi connectivity index (χ3v) is 2.33. The summed E-state index contributed by atoms with van der Waals surface area (Å²) in [5, 5.41) is 18.7. The van der Waals surface area contributed by atoms with Gasteiger partial charge in [0.05, 0.1) is 24.8 Å². The third-order valence-electron chi connectivity index (χ3n) is 2.33. The molecule has 0 bridgehead atoms. The van der Waals surface area contributed by atoms with Crippen LogP contribution >= 0.6 is 0 Å². The molecule has 1 aromatic rings. The molecule has 1 aliphatic rings. The molecule has 4 nitrogen and oxygen atoms in total. The predicted molar refractivity (Wildman–Crippen MR) is 51.0 cm³/mol. The number of halogens is 1. The van der Waals surface area contributed by atoms with Gasteiger partial charge in [0.2, 0.25) is 5.91 Å². The van der Waals surface area contributed by atoms with E-state index in [4.69, 9.17) is 0 Å². The molecule has 2 rings (SSSR count). The highest BCUT2D eigenvalue weighted by Crippen LogP contribution is 2.31. The van der Waals surface area contributed by atoms with Crippen LogP contribution in [0.3, 0.4) is 0 Å². The minimum absolute atomic E-state index is 0.00987. The first kappa shape index (κ1) is 9.92. The van der Waals surface area contributed by atoms with Crippen molar-refractivity contribution in [2.24, 2.45) is 0 Å². The third kappa shape index (κ3) is 1.78. The molecule has 0 aliphatic carbocycles. The molecule has 1 amide bonds. The van der Waals surface area contributed by atoms with Crippen molar-refractivity contribution in [3.8, 4) is 5.75 Å². The second-order valence-corrected chi connectivity index (χ2v) is 3.50. The topological polar surface area (TPSA) is 60.8 Å². The molecule has 0 radical (unpaired) electrons. The summed E-state index contributed by atoms with van der Waals surface area (Å²) in [4.78, 5) is 12.6. The van der Waals surface area contributed by atoms with Gasteiger partial charge in [0, 0.05) is 6.07 Å². The Kier molecular flexibility index (Phi) is 2.32. The molecule has 0 spiro atoms. The summed E-state index contributed by atoms with van der Waals surface area (Å²) in [7, 11) is 0. The van der Waals surface area contributed by atoms with Crippen LogP contribution in [-0.4, -0.2) is 28.8 Å². The molecule has 80 valence electrons. The Hall–Kier alpha value is -1.62. The lowest BCUT2D eigenvalue weighted by Gasteiger charge is -2.16. The molecule has 1 aromatic carbocycles. The Bertz CT molecular complexity index is 408. The number of phenolic OH excluding ortho intramolecular Hbond substituents is 1. The molecule has 1 unspecified atom stereocenters. The van der Waals surface area contributed by atoms with Crippen LogP contribution in [0.4, 0.5) is 10.1 Å². The zero-order valence-electron chi connectivity index (χ0n) is 7.85. The minimum Gasteiger partial charge on any atom is -0.506 e. The molecule has 1 aliphatic heterocycles. The first-order valence-electron chi connectivity index (χ1n) is 4.55. The van der Waals surface area contributed by atoms with E-state index in [1.54, 1.807) is 0 Å². The molecule has 1 heterocycles. The Morgan fingerprint density at radius 2 is 2.20 bits per heavy atom. The molecule has 0 aromatic heterocycles. The van der Waals surface area contributed by atoms with Crippen molar-refractivity contribution in [1.82, 2.24) is 0 Å². The summed E-state index contributed by atoms with van der Waals surface area (Å²) < 4.78 is 12.9. The Morgan fingerprint density at radius 3 is 2.80 bits per heavy atom. The van der Waals surface area contributed by atoms with Crippen molar-refractivity contribution in [2.45, 2.75) is 12.5 Å². The maximum atomic E-state index is 12.9. The number of amides is 1. The largest absolute Gasteiger partial charge is 0.506 e. The lowest BCUT2D eigenvalue weighted by Crippen LogP contribution is -2.25. The highest BCUT2D eigenvalue weighted by atomic mass is 19.1. The Morgan fingerprint density at radius 1 is 1.47 bits per heavy atom. The average Bonchev–Trinajstić information content (AvgIpc) is 2.50. The molecule has 0 saturated carbocycles. The molecular weight excluding hydrogens is 201 g/mol. The van der Waals surface area contributed by atoms with Gasteiger partial charge in [-0.1, -0.05) is 0 Å². The van der Waals surface area contributed by atoms with Crippen LogP contribution < -0.4 is 4.90 Å². The number of aliphatic hydroxyl groups is 1. The van der Waals surface area contributed by atoms with E-state index in [1.807, 2.05) is 0 Å². The van der Waals surface area contributed by atoms with Gasteiger partial charge in [-0.2, -0.15) is 0 Å². The number of hydrogen-bond acceptors (Lipinski definition) is 3. The van der Waals surface area contributed by atoms with Gasteiger partial charge < -0.3 is 15.1 Å². The van der Waals surface area contributed by atoms with Crippen LogP contribution in [0.15, 0.2) is 18.2 Å². The lowest BCUT2D eigenvalue weighted by molar-refractivity contribution is -0.117. The maximum absolute atomic E-state index is 12.9. The summed E-state index contributed by atoms with van der Waals surface area (Å²) in [5.41, 5.74) is 0.108. The number of benzene rings is 1. The second kappa shape index (κ2) is 3.51. The first-order valence-corrected chi connectivity index (χ1v) is 4.55. The highest BCUT2D eigenvalue weighted by molar-refractivity contribution is 5.97. The normalized spacial score (nSPS) is 21.1. The lowest BCUT2D eigenvalue weighted by atomic mass is 10.2. The number of rotatable bonds is 1. The Labute approximate surface area is 85.6 Å². The molecule has 5 heteroatoms. The van der Waals surface area contributed by atoms with Gasteiger partial charge in [0.1, 0.15) is 11.6 Å². The molecule has 15 heavy (non-hydrogen) atoms. The zero-order chi connectivity index (χ0) is 11.0. The molecule has 2 N–H and O–H groups in total. The summed E-state index contributed by atoms with van der Waals surface area (Å²) in [5.74, 6) is -1.01. The van der Waals surface area contributed by atoms with E-state index in [0.29, 0.717) is 0 Å². The van der Waals surface area contributed by atoms with E-state index < -0.39 is 11.9 Å². The van der Waals surface area contributed by atoms with E-state index in [9.17, 15) is 19.4 Å². The summed E-state index contributed by atoms with van der Waals surface area (Å²) in [6.45, 7) is 0.0931. The van der Waals surface area contributed by atoms with Gasteiger partial charge in [-0.3, -0.25) is 4.79 Å². The Balaban J connectivity index is 2.37.